The molecule has 0 saturated carbocycles. The van der Waals surface area contributed by atoms with Gasteiger partial charge in [-0.2, -0.15) is 5.10 Å². The van der Waals surface area contributed by atoms with Crippen LogP contribution in [0.5, 0.6) is 0 Å². The van der Waals surface area contributed by atoms with Gasteiger partial charge in [-0.15, -0.1) is 0 Å². The Hall–Kier alpha value is -2.08. The van der Waals surface area contributed by atoms with Crippen molar-refractivity contribution in [2.75, 3.05) is 10.6 Å². The largest absolute Gasteiger partial charge is 0.332 e. The molecule has 25 heavy (non-hydrogen) atoms. The Morgan fingerprint density at radius 3 is 2.56 bits per heavy atom. The van der Waals surface area contributed by atoms with Crippen LogP contribution in [0.2, 0.25) is 10.0 Å². The predicted octanol–water partition coefficient (Wildman–Crippen LogP) is 5.36. The number of benzene rings is 2. The van der Waals surface area contributed by atoms with E-state index < -0.39 is 0 Å². The smallest absolute Gasteiger partial charge is 0.176 e. The summed E-state index contributed by atoms with van der Waals surface area (Å²) in [4.78, 5) is 0. The summed E-state index contributed by atoms with van der Waals surface area (Å²) >= 11 is 17.7. The third-order valence-electron chi connectivity index (χ3n) is 3.57. The molecule has 0 radical (unpaired) electrons. The van der Waals surface area contributed by atoms with Crippen molar-refractivity contribution in [3.8, 4) is 0 Å². The highest BCUT2D eigenvalue weighted by Crippen LogP contribution is 2.22. The highest BCUT2D eigenvalue weighted by Gasteiger charge is 2.09. The molecule has 0 atom stereocenters. The molecule has 2 aromatic carbocycles. The Kier molecular flexibility index (Phi) is 5.58. The van der Waals surface area contributed by atoms with Gasteiger partial charge in [-0.05, 0) is 42.4 Å². The van der Waals surface area contributed by atoms with Crippen LogP contribution in [0.3, 0.4) is 0 Å². The second kappa shape index (κ2) is 7.87. The van der Waals surface area contributed by atoms with Crippen LogP contribution < -0.4 is 10.6 Å². The maximum atomic E-state index is 6.25. The van der Waals surface area contributed by atoms with Gasteiger partial charge < -0.3 is 10.6 Å². The molecule has 3 rings (SSSR count). The molecule has 0 bridgehead atoms. The van der Waals surface area contributed by atoms with Crippen molar-refractivity contribution >= 4 is 52.0 Å². The van der Waals surface area contributed by atoms with Crippen molar-refractivity contribution in [2.45, 2.75) is 13.5 Å². The van der Waals surface area contributed by atoms with Gasteiger partial charge in [0.2, 0.25) is 0 Å². The maximum Gasteiger partial charge on any atom is 0.176 e. The van der Waals surface area contributed by atoms with Crippen molar-refractivity contribution < 1.29 is 0 Å². The normalized spacial score (nSPS) is 10.5. The number of hydrogen-bond donors (Lipinski definition) is 2. The van der Waals surface area contributed by atoms with E-state index in [4.69, 9.17) is 35.4 Å². The molecule has 0 amide bonds. The molecule has 4 nitrogen and oxygen atoms in total. The topological polar surface area (TPSA) is 41.9 Å². The first-order chi connectivity index (χ1) is 12.0. The Morgan fingerprint density at radius 2 is 1.84 bits per heavy atom. The van der Waals surface area contributed by atoms with Gasteiger partial charge in [-0.3, -0.25) is 4.68 Å². The number of thiocarbonyl (C=S) groups is 1. The molecule has 0 unspecified atom stereocenters. The Balaban J connectivity index is 1.66. The summed E-state index contributed by atoms with van der Waals surface area (Å²) in [5.41, 5.74) is 2.95. The van der Waals surface area contributed by atoms with E-state index in [0.29, 0.717) is 27.5 Å². The molecule has 2 N–H and O–H groups in total. The maximum absolute atomic E-state index is 6.25. The van der Waals surface area contributed by atoms with Crippen LogP contribution in [0.4, 0.5) is 11.5 Å². The summed E-state index contributed by atoms with van der Waals surface area (Å²) in [5.74, 6) is 0.508. The molecule has 3 aromatic rings. The van der Waals surface area contributed by atoms with Crippen LogP contribution in [-0.4, -0.2) is 14.9 Å². The Bertz CT molecular complexity index is 893. The number of halogens is 2. The summed E-state index contributed by atoms with van der Waals surface area (Å²) in [6.45, 7) is 2.58. The minimum Gasteiger partial charge on any atom is -0.332 e. The van der Waals surface area contributed by atoms with Crippen molar-refractivity contribution in [3.63, 3.8) is 0 Å². The molecular weight excluding hydrogens is 375 g/mol. The van der Waals surface area contributed by atoms with E-state index in [-0.39, 0.29) is 0 Å². The number of nitrogens with one attached hydrogen (secondary N) is 2. The number of nitrogens with zero attached hydrogens (tertiary/aromatic N) is 2. The minimum atomic E-state index is 0.395. The second-order valence-corrected chi connectivity index (χ2v) is 6.77. The third kappa shape index (κ3) is 4.72. The predicted molar refractivity (Wildman–Crippen MR) is 109 cm³/mol. The molecule has 7 heteroatoms. The van der Waals surface area contributed by atoms with Gasteiger partial charge in [0.1, 0.15) is 5.02 Å². The first kappa shape index (κ1) is 17.7. The standard InChI is InChI=1S/C18H16Cl2N4S/c1-12-7-8-14(9-15(12)19)21-18(25)22-17-16(20)11-24(23-17)10-13-5-3-2-4-6-13/h2-9,11H,10H2,1H3,(H2,21,22,23,25). The fraction of sp³-hybridized carbons (Fsp3) is 0.111. The first-order valence-corrected chi connectivity index (χ1v) is 8.79. The van der Waals surface area contributed by atoms with E-state index in [0.717, 1.165) is 16.8 Å². The van der Waals surface area contributed by atoms with Gasteiger partial charge >= 0.3 is 0 Å². The van der Waals surface area contributed by atoms with E-state index in [9.17, 15) is 0 Å². The Morgan fingerprint density at radius 1 is 1.08 bits per heavy atom. The van der Waals surface area contributed by atoms with E-state index in [2.05, 4.69) is 15.7 Å². The average molecular weight is 391 g/mol. The second-order valence-electron chi connectivity index (χ2n) is 5.55. The van der Waals surface area contributed by atoms with Gasteiger partial charge in [0.05, 0.1) is 6.54 Å². The molecule has 1 heterocycles. The lowest BCUT2D eigenvalue weighted by atomic mass is 10.2. The SMILES string of the molecule is Cc1ccc(NC(=S)Nc2nn(Cc3ccccc3)cc2Cl)cc1Cl. The lowest BCUT2D eigenvalue weighted by molar-refractivity contribution is 0.690. The minimum absolute atomic E-state index is 0.395. The first-order valence-electron chi connectivity index (χ1n) is 7.62. The summed E-state index contributed by atoms with van der Waals surface area (Å²) in [6, 6.07) is 15.7. The lowest BCUT2D eigenvalue weighted by Gasteiger charge is -2.10. The highest BCUT2D eigenvalue weighted by molar-refractivity contribution is 7.80. The van der Waals surface area contributed by atoms with Gasteiger partial charge in [0.25, 0.3) is 0 Å². The van der Waals surface area contributed by atoms with E-state index >= 15 is 0 Å². The molecule has 128 valence electrons. The highest BCUT2D eigenvalue weighted by atomic mass is 35.5. The van der Waals surface area contributed by atoms with E-state index in [1.165, 1.54) is 0 Å². The number of rotatable bonds is 4. The molecule has 1 aromatic heterocycles. The van der Waals surface area contributed by atoms with Crippen LogP contribution >= 0.6 is 35.4 Å². The third-order valence-corrected chi connectivity index (χ3v) is 4.45. The summed E-state index contributed by atoms with van der Waals surface area (Å²) in [6.07, 6.45) is 1.77. The molecule has 0 fully saturated rings. The van der Waals surface area contributed by atoms with E-state index in [1.807, 2.05) is 55.5 Å². The van der Waals surface area contributed by atoms with Crippen LogP contribution in [0.25, 0.3) is 0 Å². The monoisotopic (exact) mass is 390 g/mol. The molecule has 0 aliphatic carbocycles. The molecule has 0 aliphatic rings. The summed E-state index contributed by atoms with van der Waals surface area (Å²) in [7, 11) is 0. The van der Waals surface area contributed by atoms with Crippen LogP contribution in [0.1, 0.15) is 11.1 Å². The van der Waals surface area contributed by atoms with Gasteiger partial charge in [-0.1, -0.05) is 59.6 Å². The zero-order chi connectivity index (χ0) is 17.8. The van der Waals surface area contributed by atoms with Crippen LogP contribution in [0.15, 0.2) is 54.7 Å². The summed E-state index contributed by atoms with van der Waals surface area (Å²) < 4.78 is 1.77. The van der Waals surface area contributed by atoms with Crippen LogP contribution in [-0.2, 0) is 6.54 Å². The Labute approximate surface area is 161 Å². The van der Waals surface area contributed by atoms with Gasteiger partial charge in [0.15, 0.2) is 10.9 Å². The van der Waals surface area contributed by atoms with Crippen molar-refractivity contribution in [1.82, 2.24) is 9.78 Å². The zero-order valence-corrected chi connectivity index (χ0v) is 15.8. The summed E-state index contributed by atoms with van der Waals surface area (Å²) in [5, 5.41) is 12.1. The number of hydrogen-bond acceptors (Lipinski definition) is 2. The quantitative estimate of drug-likeness (QED) is 0.588. The number of aryl methyl sites for hydroxylation is 1. The van der Waals surface area contributed by atoms with E-state index in [1.54, 1.807) is 10.9 Å². The van der Waals surface area contributed by atoms with Crippen molar-refractivity contribution in [3.05, 3.63) is 75.9 Å². The molecule has 0 saturated heterocycles. The average Bonchev–Trinajstić information content (AvgIpc) is 2.91. The fourth-order valence-electron chi connectivity index (χ4n) is 2.27. The number of anilines is 2. The molecule has 0 aliphatic heterocycles. The van der Waals surface area contributed by atoms with Crippen LogP contribution in [0, 0.1) is 6.92 Å². The van der Waals surface area contributed by atoms with Crippen molar-refractivity contribution in [2.24, 2.45) is 0 Å². The van der Waals surface area contributed by atoms with Gasteiger partial charge in [0, 0.05) is 16.9 Å². The zero-order valence-electron chi connectivity index (χ0n) is 13.5. The molecular formula is C18H16Cl2N4S. The van der Waals surface area contributed by atoms with Crippen molar-refractivity contribution in [1.29, 1.82) is 0 Å². The lowest BCUT2D eigenvalue weighted by Crippen LogP contribution is -2.19. The fourth-order valence-corrected chi connectivity index (χ4v) is 2.87. The van der Waals surface area contributed by atoms with Gasteiger partial charge in [-0.25, -0.2) is 0 Å². The number of aromatic nitrogens is 2. The molecule has 0 spiro atoms.